The maximum absolute atomic E-state index is 10.8. The smallest absolute Gasteiger partial charge is 0.0909 e. The van der Waals surface area contributed by atoms with Gasteiger partial charge in [-0.2, -0.15) is 0 Å². The molecular weight excluding hydrogens is 343 g/mol. The fourth-order valence-corrected chi connectivity index (χ4v) is 3.73. The lowest BCUT2D eigenvalue weighted by molar-refractivity contribution is 0.129. The molecule has 5 heteroatoms. The fraction of sp³-hybridized carbons (Fsp3) is 0.368. The topological polar surface area (TPSA) is 37.2 Å². The number of hydrogen-bond donors (Lipinski definition) is 2. The van der Waals surface area contributed by atoms with E-state index in [9.17, 15) is 5.11 Å². The summed E-state index contributed by atoms with van der Waals surface area (Å²) >= 11 is 6.49. The van der Waals surface area contributed by atoms with Gasteiger partial charge in [0.15, 0.2) is 0 Å². The third kappa shape index (κ3) is 3.55. The highest BCUT2D eigenvalue weighted by molar-refractivity contribution is 6.35. The number of likely N-dealkylation sites (N-methyl/N-ethyl adjacent to an activating group) is 1. The minimum atomic E-state index is -0.510. The highest BCUT2D eigenvalue weighted by Gasteiger charge is 2.27. The lowest BCUT2D eigenvalue weighted by Crippen LogP contribution is -2.34. The Balaban J connectivity index is 0.00000208. The normalized spacial score (nSPS) is 16.6. The number of para-hydroxylation sites is 1. The van der Waals surface area contributed by atoms with Gasteiger partial charge in [0.05, 0.1) is 22.7 Å². The van der Waals surface area contributed by atoms with Crippen LogP contribution in [0.4, 0.5) is 0 Å². The molecule has 3 nitrogen and oxygen atoms in total. The molecule has 2 N–H and O–H groups in total. The molecule has 1 aliphatic carbocycles. The number of allylic oxidation sites excluding steroid dienone is 3. The van der Waals surface area contributed by atoms with Crippen LogP contribution in [-0.4, -0.2) is 29.4 Å². The Hall–Kier alpha value is -1.26. The van der Waals surface area contributed by atoms with Gasteiger partial charge in [-0.05, 0) is 44.0 Å². The molecule has 0 saturated carbocycles. The van der Waals surface area contributed by atoms with Gasteiger partial charge in [0.1, 0.15) is 0 Å². The molecule has 1 heterocycles. The van der Waals surface area contributed by atoms with Crippen LogP contribution in [0.5, 0.6) is 0 Å². The standard InChI is InChI=1S/C19H23ClN2O.ClH/c1-13-12-22(19-15(13)9-6-10-16(19)20)18(17(23)11-21-2)14-7-4-3-5-8-14;/h3-4,6-7,9-10,12,17-18,21,23H,5,8,11H2,1-2H3;1H/t17?,18-;/m0./s1. The van der Waals surface area contributed by atoms with Crippen molar-refractivity contribution in [2.24, 2.45) is 0 Å². The number of rotatable bonds is 5. The fourth-order valence-electron chi connectivity index (χ4n) is 3.46. The Morgan fingerprint density at radius 2 is 2.17 bits per heavy atom. The molecule has 24 heavy (non-hydrogen) atoms. The van der Waals surface area contributed by atoms with Crippen LogP contribution in [0.15, 0.2) is 48.2 Å². The van der Waals surface area contributed by atoms with Gasteiger partial charge < -0.3 is 15.0 Å². The average Bonchev–Trinajstić information content (AvgIpc) is 2.87. The zero-order valence-corrected chi connectivity index (χ0v) is 15.6. The van der Waals surface area contributed by atoms with Crippen molar-refractivity contribution in [1.82, 2.24) is 9.88 Å². The van der Waals surface area contributed by atoms with E-state index >= 15 is 0 Å². The summed E-state index contributed by atoms with van der Waals surface area (Å²) in [6, 6.07) is 5.87. The number of benzene rings is 1. The first-order chi connectivity index (χ1) is 11.1. The van der Waals surface area contributed by atoms with Gasteiger partial charge in [-0.15, -0.1) is 12.4 Å². The van der Waals surface area contributed by atoms with Crippen LogP contribution in [0, 0.1) is 6.92 Å². The Kier molecular flexibility index (Phi) is 6.53. The van der Waals surface area contributed by atoms with Crippen LogP contribution in [0.1, 0.15) is 24.4 Å². The molecule has 0 saturated heterocycles. The number of aromatic nitrogens is 1. The average molecular weight is 367 g/mol. The summed E-state index contributed by atoms with van der Waals surface area (Å²) in [5, 5.41) is 15.7. The summed E-state index contributed by atoms with van der Waals surface area (Å²) in [7, 11) is 1.86. The van der Waals surface area contributed by atoms with Crippen molar-refractivity contribution >= 4 is 34.9 Å². The van der Waals surface area contributed by atoms with Crippen LogP contribution in [0.25, 0.3) is 10.9 Å². The Labute approximate surface area is 154 Å². The number of aliphatic hydroxyl groups is 1. The first kappa shape index (κ1) is 19.1. The van der Waals surface area contributed by atoms with E-state index < -0.39 is 6.10 Å². The number of fused-ring (bicyclic) bond motifs is 1. The van der Waals surface area contributed by atoms with Crippen LogP contribution in [0.2, 0.25) is 5.02 Å². The van der Waals surface area contributed by atoms with Gasteiger partial charge in [-0.3, -0.25) is 0 Å². The second-order valence-corrected chi connectivity index (χ2v) is 6.54. The first-order valence-corrected chi connectivity index (χ1v) is 8.45. The predicted molar refractivity (Wildman–Crippen MR) is 104 cm³/mol. The maximum Gasteiger partial charge on any atom is 0.0909 e. The van der Waals surface area contributed by atoms with Crippen molar-refractivity contribution in [2.45, 2.75) is 31.9 Å². The second kappa shape index (κ2) is 8.21. The van der Waals surface area contributed by atoms with Gasteiger partial charge in [0, 0.05) is 18.1 Å². The molecule has 1 aliphatic rings. The van der Waals surface area contributed by atoms with Crippen molar-refractivity contribution in [3.05, 3.63) is 58.8 Å². The van der Waals surface area contributed by atoms with Gasteiger partial charge in [0.25, 0.3) is 0 Å². The molecule has 0 fully saturated rings. The summed E-state index contributed by atoms with van der Waals surface area (Å²) in [5.74, 6) is 0. The van der Waals surface area contributed by atoms with E-state index in [0.717, 1.165) is 28.8 Å². The minimum Gasteiger partial charge on any atom is -0.389 e. The SMILES string of the molecule is CNCC(O)[C@H](C1=CC=CCC1)n1cc(C)c2cccc(Cl)c21.Cl. The molecule has 0 spiro atoms. The number of nitrogens with one attached hydrogen (secondary N) is 1. The molecule has 0 aliphatic heterocycles. The molecular formula is C19H24Cl2N2O. The largest absolute Gasteiger partial charge is 0.389 e. The quantitative estimate of drug-likeness (QED) is 0.821. The van der Waals surface area contributed by atoms with Crippen molar-refractivity contribution in [1.29, 1.82) is 0 Å². The summed E-state index contributed by atoms with van der Waals surface area (Å²) in [5.41, 5.74) is 3.42. The summed E-state index contributed by atoms with van der Waals surface area (Å²) in [4.78, 5) is 0. The minimum absolute atomic E-state index is 0. The number of aryl methyl sites for hydroxylation is 1. The second-order valence-electron chi connectivity index (χ2n) is 6.13. The monoisotopic (exact) mass is 366 g/mol. The molecule has 1 aromatic heterocycles. The van der Waals surface area contributed by atoms with Crippen LogP contribution in [0.3, 0.4) is 0 Å². The van der Waals surface area contributed by atoms with E-state index in [0.29, 0.717) is 6.54 Å². The Bertz CT molecular complexity index is 764. The molecule has 2 atom stereocenters. The van der Waals surface area contributed by atoms with E-state index in [-0.39, 0.29) is 18.4 Å². The van der Waals surface area contributed by atoms with E-state index in [1.54, 1.807) is 0 Å². The van der Waals surface area contributed by atoms with Gasteiger partial charge in [0.2, 0.25) is 0 Å². The molecule has 0 amide bonds. The van der Waals surface area contributed by atoms with Crippen molar-refractivity contribution in [2.75, 3.05) is 13.6 Å². The molecule has 1 aromatic carbocycles. The van der Waals surface area contributed by atoms with E-state index in [2.05, 4.69) is 47.3 Å². The summed E-state index contributed by atoms with van der Waals surface area (Å²) in [6.45, 7) is 2.63. The Morgan fingerprint density at radius 3 is 2.83 bits per heavy atom. The first-order valence-electron chi connectivity index (χ1n) is 8.07. The van der Waals surface area contributed by atoms with Crippen LogP contribution < -0.4 is 5.32 Å². The lowest BCUT2D eigenvalue weighted by Gasteiger charge is -2.29. The Morgan fingerprint density at radius 1 is 1.38 bits per heavy atom. The molecule has 1 unspecified atom stereocenters. The number of hydrogen-bond acceptors (Lipinski definition) is 2. The summed E-state index contributed by atoms with van der Waals surface area (Å²) < 4.78 is 2.15. The highest BCUT2D eigenvalue weighted by atomic mass is 35.5. The third-order valence-corrected chi connectivity index (χ3v) is 4.81. The van der Waals surface area contributed by atoms with Crippen molar-refractivity contribution in [3.8, 4) is 0 Å². The highest BCUT2D eigenvalue weighted by Crippen LogP contribution is 2.36. The number of nitrogens with zero attached hydrogens (tertiary/aromatic N) is 1. The van der Waals surface area contributed by atoms with Crippen LogP contribution in [-0.2, 0) is 0 Å². The summed E-state index contributed by atoms with van der Waals surface area (Å²) in [6.07, 6.45) is 9.95. The molecule has 2 aromatic rings. The third-order valence-electron chi connectivity index (χ3n) is 4.51. The molecule has 0 bridgehead atoms. The zero-order valence-electron chi connectivity index (χ0n) is 14.0. The maximum atomic E-state index is 10.8. The molecule has 0 radical (unpaired) electrons. The van der Waals surface area contributed by atoms with E-state index in [1.807, 2.05) is 19.2 Å². The van der Waals surface area contributed by atoms with E-state index in [4.69, 9.17) is 11.6 Å². The molecule has 3 rings (SSSR count). The van der Waals surface area contributed by atoms with Crippen LogP contribution >= 0.6 is 24.0 Å². The van der Waals surface area contributed by atoms with Crippen molar-refractivity contribution < 1.29 is 5.11 Å². The lowest BCUT2D eigenvalue weighted by atomic mass is 9.93. The number of aliphatic hydroxyl groups excluding tert-OH is 1. The van der Waals surface area contributed by atoms with E-state index in [1.165, 1.54) is 11.1 Å². The number of halogens is 2. The van der Waals surface area contributed by atoms with Gasteiger partial charge in [-0.25, -0.2) is 0 Å². The van der Waals surface area contributed by atoms with Gasteiger partial charge in [-0.1, -0.05) is 42.0 Å². The van der Waals surface area contributed by atoms with Gasteiger partial charge >= 0.3 is 0 Å². The molecule has 130 valence electrons. The predicted octanol–water partition coefficient (Wildman–Crippen LogP) is 4.42. The zero-order chi connectivity index (χ0) is 16.4. The van der Waals surface area contributed by atoms with Crippen molar-refractivity contribution in [3.63, 3.8) is 0 Å².